The third kappa shape index (κ3) is 9.81. The van der Waals surface area contributed by atoms with E-state index < -0.39 is 18.2 Å². The van der Waals surface area contributed by atoms with E-state index in [1.54, 1.807) is 49.2 Å². The van der Waals surface area contributed by atoms with Crippen molar-refractivity contribution in [1.29, 1.82) is 0 Å². The second kappa shape index (κ2) is 20.8. The summed E-state index contributed by atoms with van der Waals surface area (Å²) in [6, 6.07) is 20.9. The molecule has 2 aliphatic heterocycles. The van der Waals surface area contributed by atoms with E-state index in [0.29, 0.717) is 54.6 Å². The zero-order valence-corrected chi connectivity index (χ0v) is 35.4. The molecule has 1 amide bonds. The number of allylic oxidation sites excluding steroid dienone is 1. The molecule has 3 N–H and O–H groups in total. The molecular formula is C47H58N2O10S. The molecule has 12 nitrogen and oxygen atoms in total. The monoisotopic (exact) mass is 842 g/mol. The summed E-state index contributed by atoms with van der Waals surface area (Å²) in [7, 11) is 3.09. The number of unbranched alkanes of at least 4 members (excludes halogenated alkanes) is 2. The van der Waals surface area contributed by atoms with Crippen LogP contribution in [0, 0.1) is 17.8 Å². The maximum Gasteiger partial charge on any atom is 0.417 e. The van der Waals surface area contributed by atoms with Crippen molar-refractivity contribution in [2.24, 2.45) is 22.9 Å². The quantitative estimate of drug-likeness (QED) is 0.0603. The molecular weight excluding hydrogens is 785 g/mol. The molecule has 1 saturated heterocycles. The van der Waals surface area contributed by atoms with Gasteiger partial charge in [-0.2, -0.15) is 0 Å². The van der Waals surface area contributed by atoms with E-state index >= 15 is 0 Å². The van der Waals surface area contributed by atoms with Crippen LogP contribution >= 0.6 is 11.8 Å². The summed E-state index contributed by atoms with van der Waals surface area (Å²) in [6.45, 7) is 5.14. The van der Waals surface area contributed by atoms with Gasteiger partial charge in [0.2, 0.25) is 12.1 Å². The van der Waals surface area contributed by atoms with E-state index in [9.17, 15) is 15.0 Å². The lowest BCUT2D eigenvalue weighted by atomic mass is 9.56. The number of carbonyl (C=O) groups is 1. The van der Waals surface area contributed by atoms with E-state index in [1.165, 1.54) is 7.11 Å². The lowest BCUT2D eigenvalue weighted by Crippen LogP contribution is -2.64. The Morgan fingerprint density at radius 1 is 0.983 bits per heavy atom. The number of hydrogen-bond acceptors (Lipinski definition) is 12. The minimum absolute atomic E-state index is 0.0790. The molecule has 3 aromatic carbocycles. The van der Waals surface area contributed by atoms with Gasteiger partial charge in [0.1, 0.15) is 23.0 Å². The lowest BCUT2D eigenvalue weighted by Gasteiger charge is -2.58. The first-order valence-electron chi connectivity index (χ1n) is 21.2. The molecule has 2 fully saturated rings. The number of nitrogens with zero attached hydrogens (tertiary/aromatic N) is 1. The van der Waals surface area contributed by atoms with Crippen LogP contribution in [-0.4, -0.2) is 80.0 Å². The summed E-state index contributed by atoms with van der Waals surface area (Å²) in [5.74, 6) is 0.503. The molecule has 4 aliphatic rings. The van der Waals surface area contributed by atoms with Gasteiger partial charge in [0.15, 0.2) is 0 Å². The average molecular weight is 843 g/mol. The van der Waals surface area contributed by atoms with E-state index in [1.807, 2.05) is 30.3 Å². The number of fused-ring (bicyclic) bond motifs is 2. The van der Waals surface area contributed by atoms with Gasteiger partial charge in [-0.15, -0.1) is 18.3 Å². The van der Waals surface area contributed by atoms with Gasteiger partial charge in [-0.05, 0) is 98.4 Å². The van der Waals surface area contributed by atoms with Gasteiger partial charge in [-0.1, -0.05) is 48.3 Å². The van der Waals surface area contributed by atoms with E-state index in [2.05, 4.69) is 30.1 Å². The van der Waals surface area contributed by atoms with Crippen molar-refractivity contribution in [3.63, 3.8) is 0 Å². The van der Waals surface area contributed by atoms with Crippen molar-refractivity contribution in [2.75, 3.05) is 46.0 Å². The molecule has 13 heteroatoms. The summed E-state index contributed by atoms with van der Waals surface area (Å²) in [4.78, 5) is 20.8. The normalized spacial score (nSPS) is 26.1. The third-order valence-corrected chi connectivity index (χ3v) is 13.2. The average Bonchev–Trinajstić information content (AvgIpc) is 3.27. The van der Waals surface area contributed by atoms with Crippen molar-refractivity contribution in [2.45, 2.75) is 92.3 Å². The summed E-state index contributed by atoms with van der Waals surface area (Å²) in [5, 5.41) is 27.3. The Kier molecular flexibility index (Phi) is 15.1. The molecule has 3 aromatic rings. The number of oxime groups is 1. The first-order valence-corrected chi connectivity index (χ1v) is 22.1. The molecule has 60 heavy (non-hydrogen) atoms. The molecule has 1 unspecified atom stereocenters. The molecule has 0 aromatic heterocycles. The fourth-order valence-electron chi connectivity index (χ4n) is 9.21. The van der Waals surface area contributed by atoms with Crippen molar-refractivity contribution in [3.05, 3.63) is 96.6 Å². The van der Waals surface area contributed by atoms with Crippen LogP contribution < -0.4 is 24.3 Å². The van der Waals surface area contributed by atoms with E-state index in [4.69, 9.17) is 38.4 Å². The Hall–Kier alpha value is -4.53. The Bertz CT molecular complexity index is 1970. The number of amides is 1. The van der Waals surface area contributed by atoms with Gasteiger partial charge in [-0.25, -0.2) is 4.79 Å². The summed E-state index contributed by atoms with van der Waals surface area (Å²) >= 11 is 1.70. The Morgan fingerprint density at radius 2 is 1.78 bits per heavy atom. The maximum absolute atomic E-state index is 13.5. The van der Waals surface area contributed by atoms with Gasteiger partial charge in [0.05, 0.1) is 50.0 Å². The van der Waals surface area contributed by atoms with Crippen LogP contribution in [0.3, 0.4) is 0 Å². The molecule has 2 heterocycles. The molecule has 7 rings (SSSR count). The van der Waals surface area contributed by atoms with Crippen LogP contribution in [0.4, 0.5) is 10.5 Å². The van der Waals surface area contributed by atoms with Crippen molar-refractivity contribution in [3.8, 4) is 23.0 Å². The molecule has 7 atom stereocenters. The third-order valence-electron chi connectivity index (χ3n) is 11.9. The molecule has 2 aliphatic carbocycles. The Labute approximate surface area is 357 Å². The Morgan fingerprint density at radius 3 is 2.52 bits per heavy atom. The first-order chi connectivity index (χ1) is 29.4. The van der Waals surface area contributed by atoms with E-state index in [-0.39, 0.29) is 48.7 Å². The molecule has 0 bridgehead atoms. The van der Waals surface area contributed by atoms with Crippen molar-refractivity contribution in [1.82, 2.24) is 0 Å². The molecule has 322 valence electrons. The fourth-order valence-corrected chi connectivity index (χ4v) is 10.5. The predicted octanol–water partition coefficient (Wildman–Crippen LogP) is 9.27. The van der Waals surface area contributed by atoms with Crippen LogP contribution in [0.15, 0.2) is 101 Å². The number of carbonyl (C=O) groups excluding carboxylic acids is 1. The number of hydrogen-bond donors (Lipinski definition) is 3. The SMILES string of the molecule is C=CCO[C@@]12Oc3ccc(OC(=O)Nc4ccc(OC)cc4OC)cc3[C@H]3[C@H](CCCCO)[C@@H](CCCCO)C=C(C(=NOC4CCCCO4)C[C@@H]1Sc1ccccc1)[C@H]32. The van der Waals surface area contributed by atoms with Crippen LogP contribution in [0.25, 0.3) is 0 Å². The number of benzene rings is 3. The van der Waals surface area contributed by atoms with E-state index in [0.717, 1.165) is 66.7 Å². The highest BCUT2D eigenvalue weighted by atomic mass is 32.2. The van der Waals surface area contributed by atoms with Gasteiger partial charge in [-0.3, -0.25) is 5.32 Å². The van der Waals surface area contributed by atoms with Crippen LogP contribution in [0.2, 0.25) is 0 Å². The minimum atomic E-state index is -1.16. The van der Waals surface area contributed by atoms with Crippen LogP contribution in [-0.2, 0) is 14.3 Å². The first kappa shape index (κ1) is 43.6. The molecule has 0 spiro atoms. The van der Waals surface area contributed by atoms with Gasteiger partial charge < -0.3 is 43.5 Å². The largest absolute Gasteiger partial charge is 0.497 e. The highest BCUT2D eigenvalue weighted by Crippen LogP contribution is 2.63. The topological polar surface area (TPSA) is 147 Å². The number of anilines is 1. The number of ether oxygens (including phenoxy) is 6. The number of methoxy groups -OCH3 is 2. The summed E-state index contributed by atoms with van der Waals surface area (Å²) in [6.07, 6.45) is 11.0. The standard InChI is InChI=1S/C47H58N2O10S/c1-4-25-56-47-42(60-34-15-6-5-7-16-34)30-39(49-59-43-18-10-13-26-55-43)36-27-31(14-8-11-23-50)35(17-9-12-24-51)44(45(36)47)37-28-33(20-22-40(37)58-47)57-46(52)48-38-21-19-32(53-2)29-41(38)54-3/h4-7,15-16,19-22,27-29,31,35,42-45,50-51H,1,8-14,17-18,23-26,30H2,2-3H3,(H,48,52)/t31-,35+,42-,43?,44+,45+,47+/m0/s1. The van der Waals surface area contributed by atoms with Crippen molar-refractivity contribution >= 4 is 29.3 Å². The van der Waals surface area contributed by atoms with Gasteiger partial charge >= 0.3 is 6.09 Å². The number of rotatable bonds is 19. The van der Waals surface area contributed by atoms with Crippen LogP contribution in [0.1, 0.15) is 75.7 Å². The number of aliphatic hydroxyl groups is 2. The fraction of sp³-hybridized carbons (Fsp3) is 0.489. The second-order valence-electron chi connectivity index (χ2n) is 15.7. The number of aliphatic hydroxyl groups excluding tert-OH is 2. The zero-order valence-electron chi connectivity index (χ0n) is 34.6. The van der Waals surface area contributed by atoms with Gasteiger partial charge in [0, 0.05) is 48.5 Å². The van der Waals surface area contributed by atoms with Gasteiger partial charge in [0.25, 0.3) is 0 Å². The number of nitrogens with one attached hydrogen (secondary N) is 1. The lowest BCUT2D eigenvalue weighted by molar-refractivity contribution is -0.223. The van der Waals surface area contributed by atoms with Crippen LogP contribution in [0.5, 0.6) is 23.0 Å². The zero-order chi connectivity index (χ0) is 41.9. The Balaban J connectivity index is 1.35. The smallest absolute Gasteiger partial charge is 0.417 e. The van der Waals surface area contributed by atoms with Crippen molar-refractivity contribution < 1.29 is 48.3 Å². The summed E-state index contributed by atoms with van der Waals surface area (Å²) < 4.78 is 37.1. The minimum Gasteiger partial charge on any atom is -0.497 e. The molecule has 0 radical (unpaired) electrons. The molecule has 1 saturated carbocycles. The second-order valence-corrected chi connectivity index (χ2v) is 16.9. The summed E-state index contributed by atoms with van der Waals surface area (Å²) in [5.41, 5.74) is 3.18. The highest BCUT2D eigenvalue weighted by molar-refractivity contribution is 8.00. The maximum atomic E-state index is 13.5. The highest BCUT2D eigenvalue weighted by Gasteiger charge is 2.64. The number of thioether (sulfide) groups is 1. The predicted molar refractivity (Wildman–Crippen MR) is 231 cm³/mol.